The van der Waals surface area contributed by atoms with Gasteiger partial charge in [-0.05, 0) is 19.1 Å². The molecule has 0 unspecified atom stereocenters. The van der Waals surface area contributed by atoms with Crippen LogP contribution >= 0.6 is 0 Å². The number of H-pyrrole nitrogens is 1. The molecule has 0 atom stereocenters. The smallest absolute Gasteiger partial charge is 0.242 e. The average molecular weight is 173 g/mol. The molecule has 0 saturated carbocycles. The molecule has 0 fully saturated rings. The van der Waals surface area contributed by atoms with E-state index in [1.54, 1.807) is 0 Å². The lowest BCUT2D eigenvalue weighted by atomic mass is 10.2. The maximum absolute atomic E-state index is 10.1. The first kappa shape index (κ1) is 7.71. The van der Waals surface area contributed by atoms with Crippen LogP contribution in [-0.2, 0) is 4.79 Å². The number of isocyanates is 1. The molecule has 0 bridgehead atoms. The fourth-order valence-electron chi connectivity index (χ4n) is 1.24. The zero-order chi connectivity index (χ0) is 9.26. The zero-order valence-electron chi connectivity index (χ0n) is 7.03. The summed E-state index contributed by atoms with van der Waals surface area (Å²) >= 11 is 0. The summed E-state index contributed by atoms with van der Waals surface area (Å²) in [5.41, 5.74) is 1.91. The first-order chi connectivity index (χ1) is 6.31. The van der Waals surface area contributed by atoms with Crippen molar-refractivity contribution in [3.05, 3.63) is 23.8 Å². The predicted octanol–water partition coefficient (Wildman–Crippen LogP) is 1.84. The summed E-state index contributed by atoms with van der Waals surface area (Å²) in [6.45, 7) is 1.97. The molecule has 0 amide bonds. The molecule has 0 saturated heterocycles. The Hall–Kier alpha value is -1.93. The molecule has 1 aromatic heterocycles. The van der Waals surface area contributed by atoms with Crippen LogP contribution in [0.4, 0.5) is 5.82 Å². The van der Waals surface area contributed by atoms with Crippen molar-refractivity contribution in [1.29, 1.82) is 0 Å². The lowest BCUT2D eigenvalue weighted by molar-refractivity contribution is 0.565. The van der Waals surface area contributed by atoms with Gasteiger partial charge in [0.15, 0.2) is 5.82 Å². The van der Waals surface area contributed by atoms with Gasteiger partial charge >= 0.3 is 0 Å². The Labute approximate surface area is 74.3 Å². The summed E-state index contributed by atoms with van der Waals surface area (Å²) in [7, 11) is 0. The van der Waals surface area contributed by atoms with E-state index in [2.05, 4.69) is 15.2 Å². The van der Waals surface area contributed by atoms with Crippen molar-refractivity contribution in [2.24, 2.45) is 4.99 Å². The van der Waals surface area contributed by atoms with Gasteiger partial charge in [0.05, 0.1) is 5.52 Å². The highest BCUT2D eigenvalue weighted by molar-refractivity contribution is 5.89. The SMILES string of the molecule is Cc1ccc2n[nH]c(N=C=O)c2c1. The van der Waals surface area contributed by atoms with Crippen molar-refractivity contribution in [1.82, 2.24) is 10.2 Å². The summed E-state index contributed by atoms with van der Waals surface area (Å²) in [6.07, 6.45) is 1.49. The maximum Gasteiger partial charge on any atom is 0.242 e. The number of fused-ring (bicyclic) bond motifs is 1. The van der Waals surface area contributed by atoms with Crippen LogP contribution in [0.3, 0.4) is 0 Å². The van der Waals surface area contributed by atoms with E-state index < -0.39 is 0 Å². The van der Waals surface area contributed by atoms with Gasteiger partial charge in [-0.25, -0.2) is 4.79 Å². The van der Waals surface area contributed by atoms with Crippen LogP contribution in [0.2, 0.25) is 0 Å². The second-order valence-electron chi connectivity index (χ2n) is 2.80. The van der Waals surface area contributed by atoms with Crippen LogP contribution in [0.15, 0.2) is 23.2 Å². The quantitative estimate of drug-likeness (QED) is 0.528. The van der Waals surface area contributed by atoms with Crippen LogP contribution in [0.1, 0.15) is 5.56 Å². The molecule has 1 aromatic carbocycles. The Morgan fingerprint density at radius 3 is 3.15 bits per heavy atom. The van der Waals surface area contributed by atoms with Gasteiger partial charge in [-0.2, -0.15) is 5.10 Å². The van der Waals surface area contributed by atoms with Crippen molar-refractivity contribution >= 4 is 22.8 Å². The van der Waals surface area contributed by atoms with Crippen LogP contribution < -0.4 is 0 Å². The minimum atomic E-state index is 0.466. The third-order valence-electron chi connectivity index (χ3n) is 1.85. The standard InChI is InChI=1S/C9H7N3O/c1-6-2-3-8-7(4-6)9(10-5-13)12-11-8/h2-4H,1H3,(H,11,12). The van der Waals surface area contributed by atoms with E-state index in [9.17, 15) is 4.79 Å². The molecule has 2 aromatic rings. The third-order valence-corrected chi connectivity index (χ3v) is 1.85. The Bertz CT molecular complexity index is 495. The summed E-state index contributed by atoms with van der Waals surface area (Å²) in [4.78, 5) is 13.6. The Kier molecular flexibility index (Phi) is 1.69. The largest absolute Gasteiger partial charge is 0.259 e. The molecule has 0 aliphatic heterocycles. The van der Waals surface area contributed by atoms with Gasteiger partial charge < -0.3 is 0 Å². The van der Waals surface area contributed by atoms with E-state index in [-0.39, 0.29) is 0 Å². The number of nitrogens with one attached hydrogen (secondary N) is 1. The molecule has 2 rings (SSSR count). The van der Waals surface area contributed by atoms with Gasteiger partial charge in [-0.1, -0.05) is 11.6 Å². The van der Waals surface area contributed by atoms with Crippen molar-refractivity contribution in [2.75, 3.05) is 0 Å². The van der Waals surface area contributed by atoms with E-state index in [0.717, 1.165) is 16.5 Å². The highest BCUT2D eigenvalue weighted by Gasteiger charge is 2.02. The summed E-state index contributed by atoms with van der Waals surface area (Å²) in [6, 6.07) is 5.76. The number of hydrogen-bond acceptors (Lipinski definition) is 3. The normalized spacial score (nSPS) is 9.92. The molecule has 1 N–H and O–H groups in total. The van der Waals surface area contributed by atoms with Crippen molar-refractivity contribution in [2.45, 2.75) is 6.92 Å². The van der Waals surface area contributed by atoms with Crippen molar-refractivity contribution in [3.8, 4) is 0 Å². The van der Waals surface area contributed by atoms with Crippen molar-refractivity contribution < 1.29 is 4.79 Å². The molecule has 1 heterocycles. The van der Waals surface area contributed by atoms with Crippen LogP contribution in [0.25, 0.3) is 10.9 Å². The highest BCUT2D eigenvalue weighted by atomic mass is 16.1. The first-order valence-electron chi connectivity index (χ1n) is 3.84. The number of aromatic nitrogens is 2. The summed E-state index contributed by atoms with van der Waals surface area (Å²) in [5.74, 6) is 0.466. The van der Waals surface area contributed by atoms with E-state index in [0.29, 0.717) is 5.82 Å². The monoisotopic (exact) mass is 173 g/mol. The fraction of sp³-hybridized carbons (Fsp3) is 0.111. The van der Waals surface area contributed by atoms with Crippen molar-refractivity contribution in [3.63, 3.8) is 0 Å². The summed E-state index contributed by atoms with van der Waals surface area (Å²) < 4.78 is 0. The molecule has 0 spiro atoms. The second kappa shape index (κ2) is 2.84. The molecule has 64 valence electrons. The molecule has 4 nitrogen and oxygen atoms in total. The van der Waals surface area contributed by atoms with Crippen LogP contribution in [0, 0.1) is 6.92 Å². The van der Waals surface area contributed by atoms with E-state index >= 15 is 0 Å². The van der Waals surface area contributed by atoms with Gasteiger partial charge in [0.25, 0.3) is 0 Å². The Morgan fingerprint density at radius 1 is 1.54 bits per heavy atom. The first-order valence-corrected chi connectivity index (χ1v) is 3.84. The molecular weight excluding hydrogens is 166 g/mol. The predicted molar refractivity (Wildman–Crippen MR) is 48.6 cm³/mol. The van der Waals surface area contributed by atoms with Crippen LogP contribution in [0.5, 0.6) is 0 Å². The van der Waals surface area contributed by atoms with Gasteiger partial charge in [0.1, 0.15) is 0 Å². The number of aliphatic imine (C=N–C) groups is 1. The molecule has 0 aliphatic carbocycles. The molecule has 0 aliphatic rings. The zero-order valence-corrected chi connectivity index (χ0v) is 7.03. The Morgan fingerprint density at radius 2 is 2.38 bits per heavy atom. The molecular formula is C9H7N3O. The summed E-state index contributed by atoms with van der Waals surface area (Å²) in [5, 5.41) is 7.49. The number of benzene rings is 1. The highest BCUT2D eigenvalue weighted by Crippen LogP contribution is 2.22. The van der Waals surface area contributed by atoms with Gasteiger partial charge in [-0.3, -0.25) is 5.10 Å². The molecule has 4 heteroatoms. The third kappa shape index (κ3) is 1.23. The minimum absolute atomic E-state index is 0.466. The minimum Gasteiger partial charge on any atom is -0.259 e. The lowest BCUT2D eigenvalue weighted by Crippen LogP contribution is -1.70. The second-order valence-corrected chi connectivity index (χ2v) is 2.80. The lowest BCUT2D eigenvalue weighted by Gasteiger charge is -1.90. The fourth-order valence-corrected chi connectivity index (χ4v) is 1.24. The van der Waals surface area contributed by atoms with Gasteiger partial charge in [0, 0.05) is 5.39 Å². The number of aryl methyl sites for hydroxylation is 1. The number of rotatable bonds is 1. The number of hydrogen-bond donors (Lipinski definition) is 1. The van der Waals surface area contributed by atoms with E-state index in [1.165, 1.54) is 6.08 Å². The van der Waals surface area contributed by atoms with Gasteiger partial charge in [0.2, 0.25) is 6.08 Å². The van der Waals surface area contributed by atoms with Crippen LogP contribution in [-0.4, -0.2) is 16.3 Å². The Balaban J connectivity index is 2.78. The number of carbonyl (C=O) groups excluding carboxylic acids is 1. The number of nitrogens with zero attached hydrogens (tertiary/aromatic N) is 2. The topological polar surface area (TPSA) is 58.1 Å². The van der Waals surface area contributed by atoms with E-state index in [4.69, 9.17) is 0 Å². The molecule has 13 heavy (non-hydrogen) atoms. The number of aromatic amines is 1. The molecule has 0 radical (unpaired) electrons. The van der Waals surface area contributed by atoms with E-state index in [1.807, 2.05) is 25.1 Å². The maximum atomic E-state index is 10.1. The van der Waals surface area contributed by atoms with Gasteiger partial charge in [-0.15, -0.1) is 4.99 Å². The average Bonchev–Trinajstić information content (AvgIpc) is 2.49.